The van der Waals surface area contributed by atoms with Crippen LogP contribution in [0.3, 0.4) is 0 Å². The number of hydrogen-bond donors (Lipinski definition) is 1. The van der Waals surface area contributed by atoms with Crippen LogP contribution in [-0.4, -0.2) is 43.6 Å². The fraction of sp³-hybridized carbons (Fsp3) is 0.276. The van der Waals surface area contributed by atoms with Crippen molar-refractivity contribution in [2.75, 3.05) is 18.8 Å². The second kappa shape index (κ2) is 9.98. The van der Waals surface area contributed by atoms with Gasteiger partial charge in [0.15, 0.2) is 5.65 Å². The Morgan fingerprint density at radius 3 is 2.39 bits per heavy atom. The van der Waals surface area contributed by atoms with E-state index >= 15 is 0 Å². The Morgan fingerprint density at radius 2 is 1.71 bits per heavy atom. The van der Waals surface area contributed by atoms with E-state index in [-0.39, 0.29) is 17.5 Å². The standard InChI is InChI=1S/C29H27N7O2/c30-17-21(16-19-6-7-19)29(37)35-14-12-22(13-15-35)36-28-25(27(31)32-18-33-28)26(34-36)20-8-10-24(11-9-20)38-23-4-2-1-3-5-23/h1-5,8-11,16,18-19,22H,6-7,12-15H2,(H2,31,32,33)/b21-16+. The van der Waals surface area contributed by atoms with Crippen LogP contribution in [0.25, 0.3) is 22.3 Å². The fourth-order valence-electron chi connectivity index (χ4n) is 4.90. The lowest BCUT2D eigenvalue weighted by atomic mass is 10.0. The van der Waals surface area contributed by atoms with Gasteiger partial charge in [0.1, 0.15) is 41.0 Å². The predicted octanol–water partition coefficient (Wildman–Crippen LogP) is 4.89. The van der Waals surface area contributed by atoms with Crippen molar-refractivity contribution in [2.45, 2.75) is 31.7 Å². The third-order valence-electron chi connectivity index (χ3n) is 7.10. The van der Waals surface area contributed by atoms with Gasteiger partial charge in [-0.1, -0.05) is 24.3 Å². The number of nitrogen functional groups attached to an aromatic ring is 1. The highest BCUT2D eigenvalue weighted by molar-refractivity contribution is 5.98. The van der Waals surface area contributed by atoms with Gasteiger partial charge in [0, 0.05) is 18.7 Å². The van der Waals surface area contributed by atoms with E-state index in [0.717, 1.165) is 29.9 Å². The molecule has 6 rings (SSSR count). The molecule has 0 radical (unpaired) electrons. The van der Waals surface area contributed by atoms with Crippen LogP contribution in [0.1, 0.15) is 31.7 Å². The molecule has 2 fully saturated rings. The number of fused-ring (bicyclic) bond motifs is 1. The average molecular weight is 506 g/mol. The van der Waals surface area contributed by atoms with Crippen LogP contribution in [0.4, 0.5) is 5.82 Å². The quantitative estimate of drug-likeness (QED) is 0.292. The van der Waals surface area contributed by atoms with Crippen LogP contribution in [0, 0.1) is 17.2 Å². The first-order chi connectivity index (χ1) is 18.6. The minimum atomic E-state index is -0.173. The predicted molar refractivity (Wildman–Crippen MR) is 143 cm³/mol. The molecule has 4 aromatic rings. The molecule has 2 aromatic heterocycles. The molecule has 3 heterocycles. The molecule has 2 aromatic carbocycles. The van der Waals surface area contributed by atoms with Crippen molar-refractivity contribution >= 4 is 22.8 Å². The van der Waals surface area contributed by atoms with E-state index in [2.05, 4.69) is 16.0 Å². The number of amides is 1. The van der Waals surface area contributed by atoms with Gasteiger partial charge in [-0.3, -0.25) is 4.79 Å². The number of nitriles is 1. The van der Waals surface area contributed by atoms with Gasteiger partial charge in [0.25, 0.3) is 5.91 Å². The van der Waals surface area contributed by atoms with Gasteiger partial charge >= 0.3 is 0 Å². The van der Waals surface area contributed by atoms with E-state index in [1.165, 1.54) is 6.33 Å². The first-order valence-electron chi connectivity index (χ1n) is 12.8. The molecule has 1 aliphatic carbocycles. The normalized spacial score (nSPS) is 16.4. The molecular weight excluding hydrogens is 478 g/mol. The number of allylic oxidation sites excluding steroid dienone is 1. The first kappa shape index (κ1) is 23.7. The topological polar surface area (TPSA) is 123 Å². The van der Waals surface area contributed by atoms with E-state index in [1.807, 2.05) is 65.4 Å². The monoisotopic (exact) mass is 505 g/mol. The summed E-state index contributed by atoms with van der Waals surface area (Å²) in [5.41, 5.74) is 8.83. The van der Waals surface area contributed by atoms with E-state index < -0.39 is 0 Å². The van der Waals surface area contributed by atoms with Crippen molar-refractivity contribution in [1.82, 2.24) is 24.6 Å². The highest BCUT2D eigenvalue weighted by Gasteiger charge is 2.30. The van der Waals surface area contributed by atoms with Crippen molar-refractivity contribution in [2.24, 2.45) is 5.92 Å². The number of para-hydroxylation sites is 1. The summed E-state index contributed by atoms with van der Waals surface area (Å²) in [6.45, 7) is 1.10. The highest BCUT2D eigenvalue weighted by Crippen LogP contribution is 2.36. The van der Waals surface area contributed by atoms with Crippen molar-refractivity contribution in [3.63, 3.8) is 0 Å². The molecule has 1 saturated heterocycles. The van der Waals surface area contributed by atoms with Crippen LogP contribution >= 0.6 is 0 Å². The molecule has 1 saturated carbocycles. The Balaban J connectivity index is 1.24. The molecule has 0 atom stereocenters. The SMILES string of the molecule is N#C/C(=C\C1CC1)C(=O)N1CCC(n2nc(-c3ccc(Oc4ccccc4)cc3)c3c(N)ncnc32)CC1. The number of aromatic nitrogens is 4. The second-order valence-electron chi connectivity index (χ2n) is 9.74. The second-order valence-corrected chi connectivity index (χ2v) is 9.74. The van der Waals surface area contributed by atoms with Crippen molar-refractivity contribution in [3.05, 3.63) is 72.6 Å². The molecule has 9 heteroatoms. The van der Waals surface area contributed by atoms with Gasteiger partial charge in [0.05, 0.1) is 11.4 Å². The van der Waals surface area contributed by atoms with Gasteiger partial charge in [-0.2, -0.15) is 10.4 Å². The lowest BCUT2D eigenvalue weighted by Gasteiger charge is -2.32. The number of nitrogens with two attached hydrogens (primary N) is 1. The van der Waals surface area contributed by atoms with E-state index in [0.29, 0.717) is 54.4 Å². The molecular formula is C29H27N7O2. The van der Waals surface area contributed by atoms with E-state index in [4.69, 9.17) is 15.6 Å². The molecule has 0 unspecified atom stereocenters. The van der Waals surface area contributed by atoms with E-state index in [1.54, 1.807) is 4.90 Å². The number of carbonyl (C=O) groups is 1. The smallest absolute Gasteiger partial charge is 0.264 e. The lowest BCUT2D eigenvalue weighted by molar-refractivity contribution is -0.128. The van der Waals surface area contributed by atoms with Crippen molar-refractivity contribution < 1.29 is 9.53 Å². The molecule has 2 N–H and O–H groups in total. The number of anilines is 1. The number of ether oxygens (including phenoxy) is 1. The zero-order chi connectivity index (χ0) is 26.1. The van der Waals surface area contributed by atoms with E-state index in [9.17, 15) is 10.1 Å². The van der Waals surface area contributed by atoms with Gasteiger partial charge in [-0.25, -0.2) is 14.6 Å². The van der Waals surface area contributed by atoms with Crippen LogP contribution in [0.5, 0.6) is 11.5 Å². The summed E-state index contributed by atoms with van der Waals surface area (Å²) in [5.74, 6) is 2.06. The van der Waals surface area contributed by atoms with Crippen LogP contribution in [0.15, 0.2) is 72.6 Å². The maximum atomic E-state index is 12.9. The summed E-state index contributed by atoms with van der Waals surface area (Å²) in [5, 5.41) is 15.1. The van der Waals surface area contributed by atoms with Crippen molar-refractivity contribution in [1.29, 1.82) is 5.26 Å². The number of piperidine rings is 1. The molecule has 0 bridgehead atoms. The first-order valence-corrected chi connectivity index (χ1v) is 12.8. The Morgan fingerprint density at radius 1 is 1.00 bits per heavy atom. The zero-order valence-electron chi connectivity index (χ0n) is 20.8. The summed E-state index contributed by atoms with van der Waals surface area (Å²) in [4.78, 5) is 23.4. The van der Waals surface area contributed by atoms with Gasteiger partial charge in [-0.15, -0.1) is 0 Å². The molecule has 38 heavy (non-hydrogen) atoms. The summed E-state index contributed by atoms with van der Waals surface area (Å²) < 4.78 is 7.85. The van der Waals surface area contributed by atoms with Gasteiger partial charge in [0.2, 0.25) is 0 Å². The molecule has 190 valence electrons. The van der Waals surface area contributed by atoms with Crippen molar-refractivity contribution in [3.8, 4) is 28.8 Å². The maximum Gasteiger partial charge on any atom is 0.264 e. The maximum absolute atomic E-state index is 12.9. The largest absolute Gasteiger partial charge is 0.457 e. The zero-order valence-corrected chi connectivity index (χ0v) is 20.8. The molecule has 0 spiro atoms. The third-order valence-corrected chi connectivity index (χ3v) is 7.10. The third kappa shape index (κ3) is 4.68. The van der Waals surface area contributed by atoms with Crippen LogP contribution < -0.4 is 10.5 Å². The Kier molecular flexibility index (Phi) is 6.22. The summed E-state index contributed by atoms with van der Waals surface area (Å²) >= 11 is 0. The Bertz CT molecular complexity index is 1540. The summed E-state index contributed by atoms with van der Waals surface area (Å²) in [6.07, 6.45) is 6.82. The number of benzene rings is 2. The number of carbonyl (C=O) groups excluding carboxylic acids is 1. The highest BCUT2D eigenvalue weighted by atomic mass is 16.5. The average Bonchev–Trinajstić information content (AvgIpc) is 3.70. The Labute approximate surface area is 220 Å². The number of nitrogens with zero attached hydrogens (tertiary/aromatic N) is 6. The number of likely N-dealkylation sites (tertiary alicyclic amines) is 1. The lowest BCUT2D eigenvalue weighted by Crippen LogP contribution is -2.39. The summed E-state index contributed by atoms with van der Waals surface area (Å²) in [6, 6.07) is 19.5. The molecule has 1 amide bonds. The van der Waals surface area contributed by atoms with Gasteiger partial charge < -0.3 is 15.4 Å². The van der Waals surface area contributed by atoms with Gasteiger partial charge in [-0.05, 0) is 68.0 Å². The number of rotatable bonds is 6. The fourth-order valence-corrected chi connectivity index (χ4v) is 4.90. The summed E-state index contributed by atoms with van der Waals surface area (Å²) in [7, 11) is 0. The molecule has 2 aliphatic rings. The number of hydrogen-bond acceptors (Lipinski definition) is 7. The minimum absolute atomic E-state index is 0.0447. The molecule has 9 nitrogen and oxygen atoms in total. The minimum Gasteiger partial charge on any atom is -0.457 e. The Hall–Kier alpha value is -4.71. The molecule has 1 aliphatic heterocycles. The van der Waals surface area contributed by atoms with Crippen LogP contribution in [0.2, 0.25) is 0 Å². The van der Waals surface area contributed by atoms with Crippen LogP contribution in [-0.2, 0) is 4.79 Å².